The van der Waals surface area contributed by atoms with Crippen LogP contribution in [0, 0.1) is 13.8 Å². The van der Waals surface area contributed by atoms with Crippen molar-refractivity contribution < 1.29 is 47.2 Å². The SMILES string of the molecule is Cc1cc2c(-c3cc(C(F)(F)F)cc(C(F)(F)F)c3)c(C)ccc2[cH-]1.[Cl][Zr][Cl]. The van der Waals surface area contributed by atoms with Crippen molar-refractivity contribution in [1.82, 2.24) is 0 Å². The minimum absolute atomic E-state index is 0.0872. The minimum atomic E-state index is -4.86. The average molecular weight is 517 g/mol. The Labute approximate surface area is 176 Å². The molecule has 9 heteroatoms. The van der Waals surface area contributed by atoms with Gasteiger partial charge in [-0.3, -0.25) is 0 Å². The van der Waals surface area contributed by atoms with Crippen molar-refractivity contribution >= 4 is 27.8 Å². The van der Waals surface area contributed by atoms with Gasteiger partial charge in [0.05, 0.1) is 11.1 Å². The van der Waals surface area contributed by atoms with E-state index in [0.717, 1.165) is 23.1 Å². The van der Waals surface area contributed by atoms with Crippen LogP contribution in [0.2, 0.25) is 0 Å². The van der Waals surface area contributed by atoms with E-state index in [9.17, 15) is 26.3 Å². The van der Waals surface area contributed by atoms with E-state index in [-0.39, 0.29) is 11.6 Å². The van der Waals surface area contributed by atoms with Crippen molar-refractivity contribution in [1.29, 1.82) is 0 Å². The first kappa shape index (κ1) is 23.4. The van der Waals surface area contributed by atoms with Gasteiger partial charge in [-0.2, -0.15) is 32.4 Å². The van der Waals surface area contributed by atoms with Gasteiger partial charge in [0, 0.05) is 0 Å². The summed E-state index contributed by atoms with van der Waals surface area (Å²) >= 11 is -0.826. The van der Waals surface area contributed by atoms with Gasteiger partial charge in [-0.05, 0) is 30.7 Å². The van der Waals surface area contributed by atoms with E-state index in [1.54, 1.807) is 25.1 Å². The van der Waals surface area contributed by atoms with Crippen LogP contribution in [-0.2, 0) is 33.2 Å². The third-order valence-corrected chi connectivity index (χ3v) is 4.12. The molecule has 0 saturated heterocycles. The van der Waals surface area contributed by atoms with Crippen LogP contribution in [0.25, 0.3) is 21.9 Å². The molecule has 0 unspecified atom stereocenters. The van der Waals surface area contributed by atoms with Gasteiger partial charge >= 0.3 is 50.2 Å². The van der Waals surface area contributed by atoms with Gasteiger partial charge in [-0.25, -0.2) is 0 Å². The maximum atomic E-state index is 13.1. The van der Waals surface area contributed by atoms with Crippen LogP contribution in [0.5, 0.6) is 0 Å². The summed E-state index contributed by atoms with van der Waals surface area (Å²) < 4.78 is 78.6. The Hall–Kier alpha value is -0.907. The van der Waals surface area contributed by atoms with Crippen LogP contribution in [0.3, 0.4) is 0 Å². The summed E-state index contributed by atoms with van der Waals surface area (Å²) in [6.07, 6.45) is -9.72. The van der Waals surface area contributed by atoms with E-state index < -0.39 is 44.3 Å². The number of alkyl halides is 6. The Morgan fingerprint density at radius 1 is 0.821 bits per heavy atom. The quantitative estimate of drug-likeness (QED) is 0.225. The number of hydrogen-bond donors (Lipinski definition) is 0. The maximum absolute atomic E-state index is 13.1. The van der Waals surface area contributed by atoms with Crippen molar-refractivity contribution in [2.24, 2.45) is 0 Å². The van der Waals surface area contributed by atoms with Crippen LogP contribution in [0.1, 0.15) is 22.3 Å². The molecule has 150 valence electrons. The molecule has 0 aliphatic heterocycles. The molecule has 0 heterocycles. The number of aryl methyl sites for hydroxylation is 2. The van der Waals surface area contributed by atoms with E-state index in [4.69, 9.17) is 17.0 Å². The molecule has 0 N–H and O–H groups in total. The fraction of sp³-hybridized carbons (Fsp3) is 0.211. The molecule has 0 amide bonds. The van der Waals surface area contributed by atoms with Crippen LogP contribution in [0.15, 0.2) is 42.5 Å². The second-order valence-corrected chi connectivity index (χ2v) is 9.89. The summed E-state index contributed by atoms with van der Waals surface area (Å²) in [4.78, 5) is 0. The number of hydrogen-bond acceptors (Lipinski definition) is 0. The van der Waals surface area contributed by atoms with Gasteiger partial charge in [0.25, 0.3) is 0 Å². The van der Waals surface area contributed by atoms with Crippen molar-refractivity contribution in [2.45, 2.75) is 26.2 Å². The zero-order valence-electron chi connectivity index (χ0n) is 14.6. The number of rotatable bonds is 1. The van der Waals surface area contributed by atoms with E-state index in [2.05, 4.69) is 0 Å². The fourth-order valence-electron chi connectivity index (χ4n) is 3.02. The molecule has 0 aliphatic rings. The van der Waals surface area contributed by atoms with Crippen LogP contribution >= 0.6 is 17.0 Å². The second-order valence-electron chi connectivity index (χ2n) is 6.16. The van der Waals surface area contributed by atoms with Crippen LogP contribution < -0.4 is 0 Å². The summed E-state index contributed by atoms with van der Waals surface area (Å²) in [5.74, 6) is 0. The Kier molecular flexibility index (Phi) is 7.39. The van der Waals surface area contributed by atoms with Crippen molar-refractivity contribution in [3.8, 4) is 11.1 Å². The van der Waals surface area contributed by atoms with E-state index in [0.29, 0.717) is 16.5 Å². The number of halogens is 8. The Morgan fingerprint density at radius 3 is 1.79 bits per heavy atom. The number of benzene rings is 2. The molecule has 0 aromatic heterocycles. The molecule has 0 aliphatic carbocycles. The normalized spacial score (nSPS) is 11.9. The summed E-state index contributed by atoms with van der Waals surface area (Å²) in [6, 6.07) is 8.82. The zero-order valence-corrected chi connectivity index (χ0v) is 18.5. The summed E-state index contributed by atoms with van der Waals surface area (Å²) in [7, 11) is 9.87. The van der Waals surface area contributed by atoms with E-state index in [1.807, 2.05) is 13.0 Å². The molecule has 0 radical (unpaired) electrons. The molecule has 0 saturated carbocycles. The Balaban J connectivity index is 0.000000878. The Morgan fingerprint density at radius 2 is 1.32 bits per heavy atom. The molecule has 3 aromatic rings. The van der Waals surface area contributed by atoms with Gasteiger partial charge in [-0.1, -0.05) is 18.1 Å². The Bertz CT molecular complexity index is 941. The average Bonchev–Trinajstić information content (AvgIpc) is 2.93. The first-order valence-corrected chi connectivity index (χ1v) is 14.1. The first-order chi connectivity index (χ1) is 12.9. The summed E-state index contributed by atoms with van der Waals surface area (Å²) in [5, 5.41) is 1.43. The summed E-state index contributed by atoms with van der Waals surface area (Å²) in [6.45, 7) is 3.50. The molecule has 0 atom stereocenters. The van der Waals surface area contributed by atoms with Gasteiger partial charge in [-0.15, -0.1) is 34.5 Å². The van der Waals surface area contributed by atoms with Gasteiger partial charge in [0.1, 0.15) is 0 Å². The number of fused-ring (bicyclic) bond motifs is 1. The van der Waals surface area contributed by atoms with E-state index in [1.165, 1.54) is 0 Å². The van der Waals surface area contributed by atoms with Crippen molar-refractivity contribution in [3.63, 3.8) is 0 Å². The molecular formula is C19H13Cl2F6Zr-. The van der Waals surface area contributed by atoms with Crippen molar-refractivity contribution in [3.05, 3.63) is 64.7 Å². The van der Waals surface area contributed by atoms with Gasteiger partial charge in [0.15, 0.2) is 0 Å². The van der Waals surface area contributed by atoms with Crippen molar-refractivity contribution in [2.75, 3.05) is 0 Å². The second kappa shape index (κ2) is 8.85. The predicted molar refractivity (Wildman–Crippen MR) is 96.2 cm³/mol. The zero-order chi connectivity index (χ0) is 21.3. The molecule has 28 heavy (non-hydrogen) atoms. The predicted octanol–water partition coefficient (Wildman–Crippen LogP) is 8.26. The molecule has 0 nitrogen and oxygen atoms in total. The third kappa shape index (κ3) is 5.37. The molecular weight excluding hydrogens is 504 g/mol. The summed E-state index contributed by atoms with van der Waals surface area (Å²) in [5.41, 5.74) is -0.803. The monoisotopic (exact) mass is 515 g/mol. The molecule has 3 aromatic carbocycles. The van der Waals surface area contributed by atoms with Crippen LogP contribution in [0.4, 0.5) is 26.3 Å². The fourth-order valence-corrected chi connectivity index (χ4v) is 3.02. The molecule has 0 fully saturated rings. The van der Waals surface area contributed by atoms with Crippen LogP contribution in [-0.4, -0.2) is 0 Å². The van der Waals surface area contributed by atoms with Gasteiger partial charge in [0.2, 0.25) is 0 Å². The standard InChI is InChI=1S/C19H13F6.2ClH.Zr/c1-10-5-12-4-3-11(2)17(16(12)6-10)13-7-14(18(20,21)22)9-15(8-13)19(23,24)25;;;/h3-9H,1-2H3;2*1H;/q-1;;;+2/p-2. The molecule has 3 rings (SSSR count). The van der Waals surface area contributed by atoms with Gasteiger partial charge < -0.3 is 0 Å². The first-order valence-electron chi connectivity index (χ1n) is 7.81. The molecule has 0 spiro atoms. The third-order valence-electron chi connectivity index (χ3n) is 4.12. The topological polar surface area (TPSA) is 0 Å². The van der Waals surface area contributed by atoms with E-state index >= 15 is 0 Å². The molecule has 0 bridgehead atoms.